The van der Waals surface area contributed by atoms with E-state index in [-0.39, 0.29) is 5.92 Å². The number of hydrogen-bond acceptors (Lipinski definition) is 4. The molecule has 0 spiro atoms. The summed E-state index contributed by atoms with van der Waals surface area (Å²) in [6, 6.07) is 13.7. The zero-order valence-corrected chi connectivity index (χ0v) is 13.7. The van der Waals surface area contributed by atoms with Crippen molar-refractivity contribution in [1.82, 2.24) is 0 Å². The molecule has 0 heterocycles. The van der Waals surface area contributed by atoms with Gasteiger partial charge in [0.2, 0.25) is 0 Å². The standard InChI is InChI=1S/C19H22O4/c1-21-16-12-17(22-2)19(18(13-16)23-3)15(9-10-20)11-14-7-5-4-6-8-14/h4-8,10,12-13,15H,9,11H2,1-3H3. The van der Waals surface area contributed by atoms with Gasteiger partial charge in [-0.25, -0.2) is 0 Å². The van der Waals surface area contributed by atoms with Crippen LogP contribution in [0.2, 0.25) is 0 Å². The molecule has 0 aliphatic heterocycles. The molecule has 0 aromatic heterocycles. The summed E-state index contributed by atoms with van der Waals surface area (Å²) < 4.78 is 16.3. The maximum absolute atomic E-state index is 11.2. The first kappa shape index (κ1) is 16.9. The summed E-state index contributed by atoms with van der Waals surface area (Å²) in [7, 11) is 4.82. The Morgan fingerprint density at radius 3 is 2.04 bits per heavy atom. The van der Waals surface area contributed by atoms with E-state index in [1.54, 1.807) is 21.3 Å². The van der Waals surface area contributed by atoms with Gasteiger partial charge in [-0.1, -0.05) is 30.3 Å². The van der Waals surface area contributed by atoms with Crippen molar-refractivity contribution < 1.29 is 19.0 Å². The molecule has 0 saturated carbocycles. The van der Waals surface area contributed by atoms with E-state index < -0.39 is 0 Å². The van der Waals surface area contributed by atoms with Crippen LogP contribution in [0.4, 0.5) is 0 Å². The Hall–Kier alpha value is -2.49. The molecule has 0 fully saturated rings. The minimum absolute atomic E-state index is 0.0225. The van der Waals surface area contributed by atoms with E-state index >= 15 is 0 Å². The van der Waals surface area contributed by atoms with Gasteiger partial charge in [-0.05, 0) is 12.0 Å². The monoisotopic (exact) mass is 314 g/mol. The minimum atomic E-state index is -0.0225. The molecular formula is C19H22O4. The predicted molar refractivity (Wildman–Crippen MR) is 89.7 cm³/mol. The summed E-state index contributed by atoms with van der Waals surface area (Å²) in [5.41, 5.74) is 2.06. The third-order valence-electron chi connectivity index (χ3n) is 3.87. The van der Waals surface area contributed by atoms with Crippen molar-refractivity contribution in [2.45, 2.75) is 18.8 Å². The lowest BCUT2D eigenvalue weighted by atomic mass is 9.88. The first-order valence-electron chi connectivity index (χ1n) is 7.51. The Morgan fingerprint density at radius 2 is 1.57 bits per heavy atom. The van der Waals surface area contributed by atoms with E-state index in [0.717, 1.165) is 18.3 Å². The number of carbonyl (C=O) groups excluding carboxylic acids is 1. The zero-order valence-electron chi connectivity index (χ0n) is 13.7. The third kappa shape index (κ3) is 4.03. The van der Waals surface area contributed by atoms with E-state index in [1.807, 2.05) is 30.3 Å². The zero-order chi connectivity index (χ0) is 16.7. The molecule has 2 aromatic carbocycles. The highest BCUT2D eigenvalue weighted by Crippen LogP contribution is 2.41. The maximum atomic E-state index is 11.2. The Morgan fingerprint density at radius 1 is 0.957 bits per heavy atom. The summed E-state index contributed by atoms with van der Waals surface area (Å²) in [5.74, 6) is 1.98. The Bertz CT molecular complexity index is 612. The van der Waals surface area contributed by atoms with Crippen molar-refractivity contribution in [2.75, 3.05) is 21.3 Å². The molecule has 0 bridgehead atoms. The number of benzene rings is 2. The van der Waals surface area contributed by atoms with Crippen LogP contribution in [0.3, 0.4) is 0 Å². The summed E-state index contributed by atoms with van der Waals surface area (Å²) in [6.07, 6.45) is 2.07. The second kappa shape index (κ2) is 8.22. The van der Waals surface area contributed by atoms with E-state index in [0.29, 0.717) is 23.7 Å². The molecule has 0 aliphatic carbocycles. The van der Waals surface area contributed by atoms with E-state index in [1.165, 1.54) is 5.56 Å². The average Bonchev–Trinajstić information content (AvgIpc) is 2.61. The van der Waals surface area contributed by atoms with Crippen molar-refractivity contribution >= 4 is 6.29 Å². The number of hydrogen-bond donors (Lipinski definition) is 0. The fourth-order valence-electron chi connectivity index (χ4n) is 2.75. The molecular weight excluding hydrogens is 292 g/mol. The molecule has 23 heavy (non-hydrogen) atoms. The second-order valence-electron chi connectivity index (χ2n) is 5.23. The molecule has 0 radical (unpaired) electrons. The molecule has 4 nitrogen and oxygen atoms in total. The first-order chi connectivity index (χ1) is 11.2. The number of aldehydes is 1. The summed E-state index contributed by atoms with van der Waals surface area (Å²) >= 11 is 0. The van der Waals surface area contributed by atoms with Crippen LogP contribution >= 0.6 is 0 Å². The smallest absolute Gasteiger partial charge is 0.129 e. The predicted octanol–water partition coefficient (Wildman–Crippen LogP) is 3.63. The highest BCUT2D eigenvalue weighted by molar-refractivity contribution is 5.58. The van der Waals surface area contributed by atoms with Gasteiger partial charge in [0.05, 0.1) is 21.3 Å². The number of ether oxygens (including phenoxy) is 3. The molecule has 0 saturated heterocycles. The third-order valence-corrected chi connectivity index (χ3v) is 3.87. The van der Waals surface area contributed by atoms with Gasteiger partial charge in [-0.2, -0.15) is 0 Å². The molecule has 0 amide bonds. The highest BCUT2D eigenvalue weighted by Gasteiger charge is 2.22. The topological polar surface area (TPSA) is 44.8 Å². The highest BCUT2D eigenvalue weighted by atomic mass is 16.5. The van der Waals surface area contributed by atoms with Crippen LogP contribution in [0.1, 0.15) is 23.5 Å². The SMILES string of the molecule is COc1cc(OC)c(C(CC=O)Cc2ccccc2)c(OC)c1. The Balaban J connectivity index is 2.46. The molecule has 0 N–H and O–H groups in total. The summed E-state index contributed by atoms with van der Waals surface area (Å²) in [6.45, 7) is 0. The van der Waals surface area contributed by atoms with Crippen LogP contribution < -0.4 is 14.2 Å². The molecule has 2 aromatic rings. The van der Waals surface area contributed by atoms with Crippen LogP contribution in [0.15, 0.2) is 42.5 Å². The van der Waals surface area contributed by atoms with Gasteiger partial charge in [0.25, 0.3) is 0 Å². The normalized spacial score (nSPS) is 11.6. The average molecular weight is 314 g/mol. The van der Waals surface area contributed by atoms with Crippen molar-refractivity contribution in [1.29, 1.82) is 0 Å². The largest absolute Gasteiger partial charge is 0.496 e. The molecule has 2 rings (SSSR count). The fraction of sp³-hybridized carbons (Fsp3) is 0.316. The van der Waals surface area contributed by atoms with Gasteiger partial charge in [0, 0.05) is 30.0 Å². The van der Waals surface area contributed by atoms with Gasteiger partial charge < -0.3 is 19.0 Å². The van der Waals surface area contributed by atoms with Crippen molar-refractivity contribution in [2.24, 2.45) is 0 Å². The van der Waals surface area contributed by atoms with Crippen LogP contribution in [0.25, 0.3) is 0 Å². The molecule has 4 heteroatoms. The van der Waals surface area contributed by atoms with Gasteiger partial charge >= 0.3 is 0 Å². The summed E-state index contributed by atoms with van der Waals surface area (Å²) in [4.78, 5) is 11.2. The van der Waals surface area contributed by atoms with Gasteiger partial charge in [0.15, 0.2) is 0 Å². The molecule has 0 aliphatic rings. The number of methoxy groups -OCH3 is 3. The first-order valence-corrected chi connectivity index (χ1v) is 7.51. The van der Waals surface area contributed by atoms with Gasteiger partial charge in [0.1, 0.15) is 23.5 Å². The molecule has 122 valence electrons. The van der Waals surface area contributed by atoms with Crippen molar-refractivity contribution in [3.8, 4) is 17.2 Å². The van der Waals surface area contributed by atoms with Crippen LogP contribution in [0.5, 0.6) is 17.2 Å². The lowest BCUT2D eigenvalue weighted by Gasteiger charge is -2.22. The Labute approximate surface area is 137 Å². The quantitative estimate of drug-likeness (QED) is 0.698. The Kier molecular flexibility index (Phi) is 6.03. The minimum Gasteiger partial charge on any atom is -0.496 e. The van der Waals surface area contributed by atoms with E-state index in [4.69, 9.17) is 14.2 Å². The number of carbonyl (C=O) groups is 1. The lowest BCUT2D eigenvalue weighted by molar-refractivity contribution is -0.108. The maximum Gasteiger partial charge on any atom is 0.129 e. The lowest BCUT2D eigenvalue weighted by Crippen LogP contribution is -2.08. The van der Waals surface area contributed by atoms with Crippen LogP contribution in [0, 0.1) is 0 Å². The molecule has 1 atom stereocenters. The fourth-order valence-corrected chi connectivity index (χ4v) is 2.75. The molecule has 1 unspecified atom stereocenters. The van der Waals surface area contributed by atoms with E-state index in [9.17, 15) is 4.79 Å². The van der Waals surface area contributed by atoms with Crippen LogP contribution in [-0.2, 0) is 11.2 Å². The van der Waals surface area contributed by atoms with Gasteiger partial charge in [-0.15, -0.1) is 0 Å². The van der Waals surface area contributed by atoms with Crippen LogP contribution in [-0.4, -0.2) is 27.6 Å². The van der Waals surface area contributed by atoms with Crippen molar-refractivity contribution in [3.05, 3.63) is 53.6 Å². The van der Waals surface area contributed by atoms with Crippen molar-refractivity contribution in [3.63, 3.8) is 0 Å². The van der Waals surface area contributed by atoms with Gasteiger partial charge in [-0.3, -0.25) is 0 Å². The second-order valence-corrected chi connectivity index (χ2v) is 5.23. The van der Waals surface area contributed by atoms with E-state index in [2.05, 4.69) is 12.1 Å². The summed E-state index contributed by atoms with van der Waals surface area (Å²) in [5, 5.41) is 0. The number of rotatable bonds is 8.